The fraction of sp³-hybridized carbons (Fsp3) is 0.118. The zero-order valence-corrected chi connectivity index (χ0v) is 15.6. The first-order chi connectivity index (χ1) is 12.9. The monoisotopic (exact) mass is 403 g/mol. The van der Waals surface area contributed by atoms with Gasteiger partial charge in [0.15, 0.2) is 12.3 Å². The zero-order valence-electron chi connectivity index (χ0n) is 14.0. The van der Waals surface area contributed by atoms with Crippen molar-refractivity contribution in [3.63, 3.8) is 0 Å². The smallest absolute Gasteiger partial charge is 0.358 e. The highest BCUT2D eigenvalue weighted by molar-refractivity contribution is 7.20. The van der Waals surface area contributed by atoms with E-state index in [-0.39, 0.29) is 17.1 Å². The number of nitrogens with one attached hydrogen (secondary N) is 1. The second-order valence-corrected chi connectivity index (χ2v) is 7.20. The Morgan fingerprint density at radius 1 is 1.30 bits per heavy atom. The van der Waals surface area contributed by atoms with E-state index in [1.807, 2.05) is 17.5 Å². The van der Waals surface area contributed by atoms with Gasteiger partial charge >= 0.3 is 5.97 Å². The lowest BCUT2D eigenvalue weighted by atomic mass is 10.2. The average Bonchev–Trinajstić information content (AvgIpc) is 3.32. The van der Waals surface area contributed by atoms with Crippen molar-refractivity contribution in [1.29, 1.82) is 0 Å². The Labute approximate surface area is 161 Å². The summed E-state index contributed by atoms with van der Waals surface area (Å²) in [5.74, 6) is -1.31. The van der Waals surface area contributed by atoms with E-state index in [2.05, 4.69) is 10.3 Å². The Kier molecular flexibility index (Phi) is 5.57. The van der Waals surface area contributed by atoms with E-state index in [0.717, 1.165) is 4.88 Å². The highest BCUT2D eigenvalue weighted by atomic mass is 32.1. The summed E-state index contributed by atoms with van der Waals surface area (Å²) in [5, 5.41) is 17.6. The number of ether oxygens (including phenoxy) is 1. The molecule has 0 unspecified atom stereocenters. The topological polar surface area (TPSA) is 111 Å². The third-order valence-corrected chi connectivity index (χ3v) is 5.35. The number of anilines is 1. The molecule has 10 heteroatoms. The van der Waals surface area contributed by atoms with Crippen LogP contribution in [0.5, 0.6) is 0 Å². The Morgan fingerprint density at radius 3 is 2.81 bits per heavy atom. The van der Waals surface area contributed by atoms with E-state index in [0.29, 0.717) is 10.6 Å². The van der Waals surface area contributed by atoms with Crippen LogP contribution >= 0.6 is 22.7 Å². The van der Waals surface area contributed by atoms with Crippen LogP contribution in [0.4, 0.5) is 11.4 Å². The van der Waals surface area contributed by atoms with Gasteiger partial charge in [-0.1, -0.05) is 12.1 Å². The normalized spacial score (nSPS) is 10.4. The van der Waals surface area contributed by atoms with Crippen molar-refractivity contribution in [3.8, 4) is 9.88 Å². The average molecular weight is 403 g/mol. The lowest BCUT2D eigenvalue weighted by Gasteiger charge is -2.06. The van der Waals surface area contributed by atoms with Crippen LogP contribution in [-0.4, -0.2) is 28.4 Å². The van der Waals surface area contributed by atoms with Crippen LogP contribution in [0.2, 0.25) is 0 Å². The molecule has 0 aliphatic carbocycles. The highest BCUT2D eigenvalue weighted by Gasteiger charge is 2.16. The predicted octanol–water partition coefficient (Wildman–Crippen LogP) is 3.88. The first kappa shape index (κ1) is 18.7. The zero-order chi connectivity index (χ0) is 19.4. The van der Waals surface area contributed by atoms with Gasteiger partial charge in [0, 0.05) is 22.7 Å². The number of benzene rings is 1. The number of aryl methyl sites for hydroxylation is 1. The van der Waals surface area contributed by atoms with Gasteiger partial charge in [0.25, 0.3) is 11.6 Å². The SMILES string of the molecule is Cc1ccc(NC(=O)COC(=O)c2csc(-c3cccs3)n2)cc1[N+](=O)[O-]. The molecule has 0 aliphatic heterocycles. The molecule has 0 spiro atoms. The number of aromatic nitrogens is 1. The van der Waals surface area contributed by atoms with E-state index in [4.69, 9.17) is 4.74 Å². The number of rotatable bonds is 6. The fourth-order valence-electron chi connectivity index (χ4n) is 2.17. The Balaban J connectivity index is 1.57. The van der Waals surface area contributed by atoms with Gasteiger partial charge in [0.05, 0.1) is 9.80 Å². The van der Waals surface area contributed by atoms with E-state index in [1.165, 1.54) is 40.9 Å². The van der Waals surface area contributed by atoms with Crippen molar-refractivity contribution in [2.24, 2.45) is 0 Å². The molecule has 1 N–H and O–H groups in total. The van der Waals surface area contributed by atoms with Crippen molar-refractivity contribution < 1.29 is 19.2 Å². The molecule has 0 bridgehead atoms. The van der Waals surface area contributed by atoms with E-state index < -0.39 is 23.4 Å². The molecule has 8 nitrogen and oxygen atoms in total. The predicted molar refractivity (Wildman–Crippen MR) is 102 cm³/mol. The highest BCUT2D eigenvalue weighted by Crippen LogP contribution is 2.28. The quantitative estimate of drug-likeness (QED) is 0.380. The second kappa shape index (κ2) is 8.06. The first-order valence-electron chi connectivity index (χ1n) is 7.65. The van der Waals surface area contributed by atoms with Crippen LogP contribution in [0, 0.1) is 17.0 Å². The van der Waals surface area contributed by atoms with Gasteiger partial charge < -0.3 is 10.1 Å². The molecular formula is C17H13N3O5S2. The lowest BCUT2D eigenvalue weighted by Crippen LogP contribution is -2.21. The molecule has 1 aromatic carbocycles. The van der Waals surface area contributed by atoms with Crippen LogP contribution in [0.15, 0.2) is 41.1 Å². The summed E-state index contributed by atoms with van der Waals surface area (Å²) in [6.45, 7) is 1.08. The van der Waals surface area contributed by atoms with Crippen molar-refractivity contribution in [3.05, 3.63) is 62.5 Å². The number of esters is 1. The molecule has 3 rings (SSSR count). The Bertz CT molecular complexity index is 998. The number of thiazole rings is 1. The number of nitrogens with zero attached hydrogens (tertiary/aromatic N) is 2. The molecule has 0 saturated carbocycles. The molecule has 2 heterocycles. The van der Waals surface area contributed by atoms with Crippen LogP contribution in [-0.2, 0) is 9.53 Å². The maximum Gasteiger partial charge on any atom is 0.358 e. The summed E-state index contributed by atoms with van der Waals surface area (Å²) in [7, 11) is 0. The summed E-state index contributed by atoms with van der Waals surface area (Å²) >= 11 is 2.82. The van der Waals surface area contributed by atoms with Crippen molar-refractivity contribution >= 4 is 45.9 Å². The van der Waals surface area contributed by atoms with Crippen molar-refractivity contribution in [1.82, 2.24) is 4.98 Å². The van der Waals surface area contributed by atoms with Gasteiger partial charge in [-0.3, -0.25) is 14.9 Å². The molecule has 0 aliphatic rings. The van der Waals surface area contributed by atoms with Gasteiger partial charge in [-0.2, -0.15) is 0 Å². The second-order valence-electron chi connectivity index (χ2n) is 5.40. The molecule has 138 valence electrons. The molecule has 0 saturated heterocycles. The maximum absolute atomic E-state index is 12.0. The molecule has 0 atom stereocenters. The number of thiophene rings is 1. The summed E-state index contributed by atoms with van der Waals surface area (Å²) in [6, 6.07) is 8.10. The van der Waals surface area contributed by atoms with E-state index in [9.17, 15) is 19.7 Å². The lowest BCUT2D eigenvalue weighted by molar-refractivity contribution is -0.385. The molecule has 3 aromatic rings. The van der Waals surface area contributed by atoms with Crippen LogP contribution < -0.4 is 5.32 Å². The Morgan fingerprint density at radius 2 is 2.11 bits per heavy atom. The standard InChI is InChI=1S/C17H13N3O5S2/c1-10-4-5-11(7-13(10)20(23)24)18-15(21)8-25-17(22)12-9-27-16(19-12)14-3-2-6-26-14/h2-7,9H,8H2,1H3,(H,18,21). The van der Waals surface area contributed by atoms with Crippen molar-refractivity contribution in [2.45, 2.75) is 6.92 Å². The number of carbonyl (C=O) groups is 2. The van der Waals surface area contributed by atoms with Gasteiger partial charge in [0.1, 0.15) is 5.01 Å². The van der Waals surface area contributed by atoms with Gasteiger partial charge in [-0.15, -0.1) is 22.7 Å². The number of hydrogen-bond donors (Lipinski definition) is 1. The minimum absolute atomic E-state index is 0.103. The molecule has 2 aromatic heterocycles. The fourth-order valence-corrected chi connectivity index (χ4v) is 3.77. The van der Waals surface area contributed by atoms with E-state index >= 15 is 0 Å². The first-order valence-corrected chi connectivity index (χ1v) is 9.41. The van der Waals surface area contributed by atoms with Crippen LogP contribution in [0.1, 0.15) is 16.1 Å². The van der Waals surface area contributed by atoms with Crippen LogP contribution in [0.3, 0.4) is 0 Å². The Hall–Kier alpha value is -3.11. The van der Waals surface area contributed by atoms with Crippen LogP contribution in [0.25, 0.3) is 9.88 Å². The number of nitro groups is 1. The molecule has 0 radical (unpaired) electrons. The summed E-state index contributed by atoms with van der Waals surface area (Å²) < 4.78 is 4.96. The largest absolute Gasteiger partial charge is 0.451 e. The third-order valence-electron chi connectivity index (χ3n) is 3.47. The van der Waals surface area contributed by atoms with E-state index in [1.54, 1.807) is 12.3 Å². The minimum Gasteiger partial charge on any atom is -0.451 e. The number of amides is 1. The third kappa shape index (κ3) is 4.54. The summed E-state index contributed by atoms with van der Waals surface area (Å²) in [5.41, 5.74) is 0.757. The maximum atomic E-state index is 12.0. The molecule has 27 heavy (non-hydrogen) atoms. The van der Waals surface area contributed by atoms with Crippen molar-refractivity contribution in [2.75, 3.05) is 11.9 Å². The van der Waals surface area contributed by atoms with Gasteiger partial charge in [-0.05, 0) is 24.4 Å². The van der Waals surface area contributed by atoms with Gasteiger partial charge in [0.2, 0.25) is 0 Å². The summed E-state index contributed by atoms with van der Waals surface area (Å²) in [6.07, 6.45) is 0. The number of carbonyl (C=O) groups excluding carboxylic acids is 2. The molecular weight excluding hydrogens is 390 g/mol. The summed E-state index contributed by atoms with van der Waals surface area (Å²) in [4.78, 5) is 39.5. The number of nitro benzene ring substituents is 1. The number of hydrogen-bond acceptors (Lipinski definition) is 8. The van der Waals surface area contributed by atoms with Gasteiger partial charge in [-0.25, -0.2) is 9.78 Å². The minimum atomic E-state index is -0.709. The molecule has 0 fully saturated rings. The molecule has 1 amide bonds.